The van der Waals surface area contributed by atoms with Crippen molar-refractivity contribution in [1.82, 2.24) is 9.80 Å². The van der Waals surface area contributed by atoms with E-state index in [9.17, 15) is 14.4 Å². The summed E-state index contributed by atoms with van der Waals surface area (Å²) >= 11 is 0. The molecule has 0 spiro atoms. The number of hydrogen-bond donors (Lipinski definition) is 0. The van der Waals surface area contributed by atoms with Crippen molar-refractivity contribution in [3.63, 3.8) is 0 Å². The molecule has 142 valence electrons. The van der Waals surface area contributed by atoms with Gasteiger partial charge in [-0.2, -0.15) is 0 Å². The van der Waals surface area contributed by atoms with Gasteiger partial charge in [-0.1, -0.05) is 31.2 Å². The highest BCUT2D eigenvalue weighted by Gasteiger charge is 2.29. The van der Waals surface area contributed by atoms with Crippen molar-refractivity contribution in [1.29, 1.82) is 0 Å². The molecule has 0 heterocycles. The van der Waals surface area contributed by atoms with Crippen LogP contribution in [0.2, 0.25) is 0 Å². The first-order valence-corrected chi connectivity index (χ1v) is 8.07. The summed E-state index contributed by atoms with van der Waals surface area (Å²) in [5, 5.41) is 0. The molecule has 0 bridgehead atoms. The standard InChI is InChI=1S/C18H30N2O5/c1-9-18(6,7)15(21)24-12-25-17(23)20(11-14(4)5)16(22)19(8)10-13(2)3/h2,4,9-12H2,1,3,5-8H3. The zero-order valence-corrected chi connectivity index (χ0v) is 16.2. The van der Waals surface area contributed by atoms with E-state index in [4.69, 9.17) is 9.47 Å². The average Bonchev–Trinajstić information content (AvgIpc) is 2.50. The predicted octanol–water partition coefficient (Wildman–Crippen LogP) is 3.57. The van der Waals surface area contributed by atoms with Gasteiger partial charge in [0.05, 0.1) is 12.0 Å². The maximum atomic E-state index is 12.4. The summed E-state index contributed by atoms with van der Waals surface area (Å²) < 4.78 is 9.88. The van der Waals surface area contributed by atoms with Gasteiger partial charge in [-0.3, -0.25) is 4.79 Å². The molecule has 7 heteroatoms. The van der Waals surface area contributed by atoms with Crippen LogP contribution in [0.1, 0.15) is 41.0 Å². The van der Waals surface area contributed by atoms with E-state index in [0.717, 1.165) is 10.5 Å². The normalized spacial score (nSPS) is 10.6. The van der Waals surface area contributed by atoms with Crippen molar-refractivity contribution in [3.8, 4) is 0 Å². The van der Waals surface area contributed by atoms with Gasteiger partial charge in [-0.25, -0.2) is 14.5 Å². The van der Waals surface area contributed by atoms with E-state index >= 15 is 0 Å². The van der Waals surface area contributed by atoms with Crippen molar-refractivity contribution in [2.24, 2.45) is 5.41 Å². The number of esters is 1. The number of hydrogen-bond acceptors (Lipinski definition) is 5. The number of amides is 3. The van der Waals surface area contributed by atoms with E-state index in [1.165, 1.54) is 4.90 Å². The first kappa shape index (κ1) is 22.7. The Morgan fingerprint density at radius 1 is 1.00 bits per heavy atom. The fraction of sp³-hybridized carbons (Fsp3) is 0.611. The molecule has 0 aliphatic rings. The molecule has 0 atom stereocenters. The minimum atomic E-state index is -0.899. The van der Waals surface area contributed by atoms with Crippen LogP contribution in [0.15, 0.2) is 24.3 Å². The van der Waals surface area contributed by atoms with E-state index in [1.54, 1.807) is 34.7 Å². The summed E-state index contributed by atoms with van der Waals surface area (Å²) in [7, 11) is 1.56. The number of carbonyl (C=O) groups excluding carboxylic acids is 3. The van der Waals surface area contributed by atoms with Gasteiger partial charge in [-0.15, -0.1) is 0 Å². The molecular formula is C18H30N2O5. The summed E-state index contributed by atoms with van der Waals surface area (Å²) in [5.74, 6) is -0.472. The number of carbonyl (C=O) groups is 3. The molecule has 0 aliphatic heterocycles. The van der Waals surface area contributed by atoms with Crippen molar-refractivity contribution in [3.05, 3.63) is 24.3 Å². The van der Waals surface area contributed by atoms with Gasteiger partial charge in [0.15, 0.2) is 0 Å². The second-order valence-electron chi connectivity index (χ2n) is 6.84. The van der Waals surface area contributed by atoms with Crippen LogP contribution in [0.25, 0.3) is 0 Å². The Hall–Kier alpha value is -2.31. The Bertz CT molecular complexity index is 540. The van der Waals surface area contributed by atoms with Crippen LogP contribution in [-0.4, -0.2) is 54.8 Å². The van der Waals surface area contributed by atoms with Crippen molar-refractivity contribution in [2.75, 3.05) is 26.9 Å². The molecule has 0 rings (SSSR count). The molecular weight excluding hydrogens is 324 g/mol. The van der Waals surface area contributed by atoms with Gasteiger partial charge in [0.25, 0.3) is 0 Å². The smallest absolute Gasteiger partial charge is 0.421 e. The number of imide groups is 1. The van der Waals surface area contributed by atoms with Gasteiger partial charge >= 0.3 is 18.1 Å². The quantitative estimate of drug-likeness (QED) is 0.378. The molecule has 0 radical (unpaired) electrons. The van der Waals surface area contributed by atoms with Crippen molar-refractivity contribution >= 4 is 18.1 Å². The summed E-state index contributed by atoms with van der Waals surface area (Å²) in [5.41, 5.74) is 0.717. The number of likely N-dealkylation sites (N-methyl/N-ethyl adjacent to an activating group) is 1. The van der Waals surface area contributed by atoms with Gasteiger partial charge in [-0.05, 0) is 34.1 Å². The van der Waals surface area contributed by atoms with Crippen LogP contribution in [0.5, 0.6) is 0 Å². The fourth-order valence-corrected chi connectivity index (χ4v) is 1.71. The van der Waals surface area contributed by atoms with Crippen molar-refractivity contribution in [2.45, 2.75) is 41.0 Å². The second-order valence-corrected chi connectivity index (χ2v) is 6.84. The van der Waals surface area contributed by atoms with Crippen LogP contribution in [0, 0.1) is 5.41 Å². The monoisotopic (exact) mass is 354 g/mol. The Kier molecular flexibility index (Phi) is 8.95. The van der Waals surface area contributed by atoms with E-state index in [1.807, 2.05) is 6.92 Å². The highest BCUT2D eigenvalue weighted by atomic mass is 16.7. The highest BCUT2D eigenvalue weighted by Crippen LogP contribution is 2.21. The third-order valence-electron chi connectivity index (χ3n) is 3.52. The summed E-state index contributed by atoms with van der Waals surface area (Å²) in [6.45, 7) is 16.0. The molecule has 0 N–H and O–H groups in total. The van der Waals surface area contributed by atoms with Crippen LogP contribution >= 0.6 is 0 Å². The molecule has 0 aromatic rings. The first-order chi connectivity index (χ1) is 11.4. The molecule has 0 aliphatic carbocycles. The SMILES string of the molecule is C=C(C)CN(C)C(=O)N(CC(=C)C)C(=O)OCOC(=O)C(C)(C)CC. The molecule has 7 nitrogen and oxygen atoms in total. The zero-order valence-electron chi connectivity index (χ0n) is 16.2. The minimum absolute atomic E-state index is 0.00654. The maximum Gasteiger partial charge on any atom is 0.421 e. The number of rotatable bonds is 8. The molecule has 0 fully saturated rings. The lowest BCUT2D eigenvalue weighted by atomic mass is 9.91. The zero-order chi connectivity index (χ0) is 19.8. The van der Waals surface area contributed by atoms with Crippen LogP contribution in [-0.2, 0) is 14.3 Å². The van der Waals surface area contributed by atoms with Crippen LogP contribution < -0.4 is 0 Å². The molecule has 0 aromatic heterocycles. The maximum absolute atomic E-state index is 12.4. The molecule has 25 heavy (non-hydrogen) atoms. The third-order valence-corrected chi connectivity index (χ3v) is 3.52. The Morgan fingerprint density at radius 2 is 1.52 bits per heavy atom. The summed E-state index contributed by atoms with van der Waals surface area (Å²) in [6.07, 6.45) is -0.310. The lowest BCUT2D eigenvalue weighted by Crippen LogP contribution is -2.46. The van der Waals surface area contributed by atoms with E-state index in [-0.39, 0.29) is 6.54 Å². The minimum Gasteiger partial charge on any atom is -0.427 e. The molecule has 0 aromatic carbocycles. The van der Waals surface area contributed by atoms with Crippen molar-refractivity contribution < 1.29 is 23.9 Å². The van der Waals surface area contributed by atoms with Crippen LogP contribution in [0.4, 0.5) is 9.59 Å². The average molecular weight is 354 g/mol. The Labute approximate surface area is 150 Å². The van der Waals surface area contributed by atoms with E-state index in [0.29, 0.717) is 18.5 Å². The van der Waals surface area contributed by atoms with E-state index in [2.05, 4.69) is 13.2 Å². The lowest BCUT2D eigenvalue weighted by molar-refractivity contribution is -0.162. The number of urea groups is 1. The Balaban J connectivity index is 4.85. The Morgan fingerprint density at radius 3 is 1.96 bits per heavy atom. The van der Waals surface area contributed by atoms with Crippen LogP contribution in [0.3, 0.4) is 0 Å². The molecule has 0 saturated carbocycles. The fourth-order valence-electron chi connectivity index (χ4n) is 1.71. The van der Waals surface area contributed by atoms with Gasteiger partial charge < -0.3 is 14.4 Å². The topological polar surface area (TPSA) is 76.2 Å². The number of ether oxygens (including phenoxy) is 2. The van der Waals surface area contributed by atoms with Gasteiger partial charge in [0, 0.05) is 13.6 Å². The lowest BCUT2D eigenvalue weighted by Gasteiger charge is -2.26. The predicted molar refractivity (Wildman–Crippen MR) is 95.9 cm³/mol. The summed E-state index contributed by atoms with van der Waals surface area (Å²) in [4.78, 5) is 38.7. The van der Waals surface area contributed by atoms with E-state index < -0.39 is 30.3 Å². The molecule has 0 saturated heterocycles. The van der Waals surface area contributed by atoms with Gasteiger partial charge in [0.1, 0.15) is 0 Å². The third kappa shape index (κ3) is 7.87. The molecule has 3 amide bonds. The number of nitrogens with zero attached hydrogens (tertiary/aromatic N) is 2. The second kappa shape index (κ2) is 9.86. The summed E-state index contributed by atoms with van der Waals surface area (Å²) in [6, 6.07) is -0.545. The highest BCUT2D eigenvalue weighted by molar-refractivity contribution is 5.91. The van der Waals surface area contributed by atoms with Gasteiger partial charge in [0.2, 0.25) is 6.79 Å². The largest absolute Gasteiger partial charge is 0.427 e. The first-order valence-electron chi connectivity index (χ1n) is 8.07. The molecule has 0 unspecified atom stereocenters.